The Kier molecular flexibility index (Phi) is 4.69. The fraction of sp³-hybridized carbons (Fsp3) is 0.385. The average molecular weight is 243 g/mol. The van der Waals surface area contributed by atoms with Gasteiger partial charge in [0.25, 0.3) is 0 Å². The van der Waals surface area contributed by atoms with Crippen LogP contribution < -0.4 is 0 Å². The zero-order valence-corrected chi connectivity index (χ0v) is 10.9. The van der Waals surface area contributed by atoms with Gasteiger partial charge in [-0.2, -0.15) is 0 Å². The third-order valence-electron chi connectivity index (χ3n) is 2.39. The molecule has 0 spiro atoms. The molecule has 2 heteroatoms. The van der Waals surface area contributed by atoms with Crippen LogP contribution in [0.2, 0.25) is 5.02 Å². The normalized spacial score (nSPS) is 12.3. The standard InChI is InChI=1S/C13H16Cl2/c1-9(2)12(8-14)7-11-5-4-10(3)6-13(11)15/h4-7,9H,8H2,1-3H3/b12-7+. The van der Waals surface area contributed by atoms with Gasteiger partial charge in [-0.3, -0.25) is 0 Å². The molecule has 0 saturated heterocycles. The van der Waals surface area contributed by atoms with E-state index < -0.39 is 0 Å². The predicted octanol–water partition coefficient (Wildman–Crippen LogP) is 4.93. The lowest BCUT2D eigenvalue weighted by atomic mass is 10.0. The van der Waals surface area contributed by atoms with Gasteiger partial charge in [-0.1, -0.05) is 49.2 Å². The van der Waals surface area contributed by atoms with Gasteiger partial charge in [0, 0.05) is 10.9 Å². The van der Waals surface area contributed by atoms with Crippen molar-refractivity contribution in [2.24, 2.45) is 5.92 Å². The summed E-state index contributed by atoms with van der Waals surface area (Å²) in [5.41, 5.74) is 3.43. The van der Waals surface area contributed by atoms with E-state index in [4.69, 9.17) is 23.2 Å². The topological polar surface area (TPSA) is 0 Å². The maximum absolute atomic E-state index is 6.15. The second kappa shape index (κ2) is 5.58. The molecule has 0 aliphatic heterocycles. The van der Waals surface area contributed by atoms with Gasteiger partial charge in [0.15, 0.2) is 0 Å². The first-order valence-corrected chi connectivity index (χ1v) is 5.98. The summed E-state index contributed by atoms with van der Waals surface area (Å²) in [6, 6.07) is 6.07. The lowest BCUT2D eigenvalue weighted by Gasteiger charge is -2.08. The highest BCUT2D eigenvalue weighted by Gasteiger charge is 2.04. The Morgan fingerprint density at radius 3 is 2.53 bits per heavy atom. The molecule has 0 saturated carbocycles. The molecule has 0 aromatic heterocycles. The molecule has 1 rings (SSSR count). The quantitative estimate of drug-likeness (QED) is 0.660. The van der Waals surface area contributed by atoms with Crippen molar-refractivity contribution in [2.75, 3.05) is 5.88 Å². The van der Waals surface area contributed by atoms with Crippen LogP contribution in [0.25, 0.3) is 6.08 Å². The minimum atomic E-state index is 0.458. The monoisotopic (exact) mass is 242 g/mol. The van der Waals surface area contributed by atoms with Gasteiger partial charge in [-0.15, -0.1) is 11.6 Å². The number of hydrogen-bond acceptors (Lipinski definition) is 0. The van der Waals surface area contributed by atoms with Crippen molar-refractivity contribution in [1.82, 2.24) is 0 Å². The lowest BCUT2D eigenvalue weighted by Crippen LogP contribution is -1.95. The zero-order chi connectivity index (χ0) is 11.4. The van der Waals surface area contributed by atoms with Gasteiger partial charge in [-0.05, 0) is 30.0 Å². The van der Waals surface area contributed by atoms with Gasteiger partial charge < -0.3 is 0 Å². The van der Waals surface area contributed by atoms with E-state index >= 15 is 0 Å². The molecule has 15 heavy (non-hydrogen) atoms. The van der Waals surface area contributed by atoms with E-state index in [1.807, 2.05) is 19.1 Å². The number of allylic oxidation sites excluding steroid dienone is 1. The molecule has 0 radical (unpaired) electrons. The molecule has 0 nitrogen and oxygen atoms in total. The van der Waals surface area contributed by atoms with Crippen LogP contribution in [-0.2, 0) is 0 Å². The molecule has 0 fully saturated rings. The molecule has 0 heterocycles. The second-order valence-corrected chi connectivity index (χ2v) is 4.71. The molecule has 0 atom stereocenters. The molecular formula is C13H16Cl2. The van der Waals surface area contributed by atoms with Crippen LogP contribution in [0.3, 0.4) is 0 Å². The third-order valence-corrected chi connectivity index (χ3v) is 3.03. The van der Waals surface area contributed by atoms with E-state index in [0.717, 1.165) is 10.6 Å². The van der Waals surface area contributed by atoms with Crippen molar-refractivity contribution in [2.45, 2.75) is 20.8 Å². The van der Waals surface area contributed by atoms with Gasteiger partial charge in [0.05, 0.1) is 0 Å². The number of hydrogen-bond donors (Lipinski definition) is 0. The van der Waals surface area contributed by atoms with Gasteiger partial charge in [0.1, 0.15) is 0 Å². The summed E-state index contributed by atoms with van der Waals surface area (Å²) in [5.74, 6) is 1.02. The first-order valence-electron chi connectivity index (χ1n) is 5.07. The van der Waals surface area contributed by atoms with E-state index in [2.05, 4.69) is 26.0 Å². The molecule has 0 N–H and O–H groups in total. The molecule has 1 aromatic rings. The molecule has 0 amide bonds. The molecule has 82 valence electrons. The summed E-state index contributed by atoms with van der Waals surface area (Å²) in [4.78, 5) is 0. The molecule has 0 aliphatic rings. The smallest absolute Gasteiger partial charge is 0.0480 e. The maximum atomic E-state index is 6.15. The van der Waals surface area contributed by atoms with E-state index in [1.54, 1.807) is 0 Å². The van der Waals surface area contributed by atoms with Crippen LogP contribution in [-0.4, -0.2) is 5.88 Å². The second-order valence-electron chi connectivity index (χ2n) is 4.03. The predicted molar refractivity (Wildman–Crippen MR) is 69.7 cm³/mol. The first kappa shape index (κ1) is 12.6. The Balaban J connectivity index is 3.06. The number of rotatable bonds is 3. The van der Waals surface area contributed by atoms with Gasteiger partial charge in [-0.25, -0.2) is 0 Å². The maximum Gasteiger partial charge on any atom is 0.0480 e. The summed E-state index contributed by atoms with van der Waals surface area (Å²) in [6.07, 6.45) is 2.08. The molecular weight excluding hydrogens is 227 g/mol. The molecule has 1 aromatic carbocycles. The highest BCUT2D eigenvalue weighted by Crippen LogP contribution is 2.23. The van der Waals surface area contributed by atoms with Crippen molar-refractivity contribution < 1.29 is 0 Å². The SMILES string of the molecule is Cc1ccc(/C=C(\CCl)C(C)C)c(Cl)c1. The molecule has 0 bridgehead atoms. The Morgan fingerprint density at radius 2 is 2.07 bits per heavy atom. The van der Waals surface area contributed by atoms with Crippen molar-refractivity contribution in [3.05, 3.63) is 39.9 Å². The van der Waals surface area contributed by atoms with E-state index in [9.17, 15) is 0 Å². The van der Waals surface area contributed by atoms with Crippen LogP contribution in [0.1, 0.15) is 25.0 Å². The van der Waals surface area contributed by atoms with E-state index in [-0.39, 0.29) is 0 Å². The van der Waals surface area contributed by atoms with Gasteiger partial charge >= 0.3 is 0 Å². The Labute approximate surface area is 102 Å². The van der Waals surface area contributed by atoms with Crippen molar-refractivity contribution in [3.8, 4) is 0 Å². The minimum Gasteiger partial charge on any atom is -0.122 e. The highest BCUT2D eigenvalue weighted by molar-refractivity contribution is 6.32. The Bertz CT molecular complexity index is 365. The number of alkyl halides is 1. The van der Waals surface area contributed by atoms with E-state index in [0.29, 0.717) is 11.8 Å². The van der Waals surface area contributed by atoms with Crippen molar-refractivity contribution >= 4 is 29.3 Å². The molecule has 0 unspecified atom stereocenters. The fourth-order valence-corrected chi connectivity index (χ4v) is 1.98. The third kappa shape index (κ3) is 3.55. The summed E-state index contributed by atoms with van der Waals surface area (Å²) in [6.45, 7) is 6.30. The summed E-state index contributed by atoms with van der Waals surface area (Å²) in [7, 11) is 0. The van der Waals surface area contributed by atoms with Crippen LogP contribution in [0, 0.1) is 12.8 Å². The first-order chi connectivity index (χ1) is 7.04. The van der Waals surface area contributed by atoms with Crippen LogP contribution in [0.5, 0.6) is 0 Å². The van der Waals surface area contributed by atoms with E-state index in [1.165, 1.54) is 11.1 Å². The highest BCUT2D eigenvalue weighted by atomic mass is 35.5. The average Bonchev–Trinajstić information content (AvgIpc) is 2.16. The fourth-order valence-electron chi connectivity index (χ4n) is 1.31. The Morgan fingerprint density at radius 1 is 1.40 bits per heavy atom. The summed E-state index contributed by atoms with van der Waals surface area (Å²) >= 11 is 12.0. The Hall–Kier alpha value is -0.460. The largest absolute Gasteiger partial charge is 0.122 e. The lowest BCUT2D eigenvalue weighted by molar-refractivity contribution is 0.778. The van der Waals surface area contributed by atoms with Gasteiger partial charge in [0.2, 0.25) is 0 Å². The van der Waals surface area contributed by atoms with Crippen molar-refractivity contribution in [3.63, 3.8) is 0 Å². The number of aryl methyl sites for hydroxylation is 1. The minimum absolute atomic E-state index is 0.458. The van der Waals surface area contributed by atoms with Crippen LogP contribution >= 0.6 is 23.2 Å². The zero-order valence-electron chi connectivity index (χ0n) is 9.35. The van der Waals surface area contributed by atoms with Crippen molar-refractivity contribution in [1.29, 1.82) is 0 Å². The number of benzene rings is 1. The summed E-state index contributed by atoms with van der Waals surface area (Å²) in [5, 5.41) is 0.790. The molecule has 0 aliphatic carbocycles. The van der Waals surface area contributed by atoms with Crippen LogP contribution in [0.4, 0.5) is 0 Å². The summed E-state index contributed by atoms with van der Waals surface area (Å²) < 4.78 is 0. The van der Waals surface area contributed by atoms with Crippen LogP contribution in [0.15, 0.2) is 23.8 Å². The number of halogens is 2.